The van der Waals surface area contributed by atoms with Crippen LogP contribution in [0, 0.1) is 5.82 Å². The molecule has 8 heteroatoms. The molecular weight excluding hydrogens is 427 g/mol. The third-order valence-corrected chi connectivity index (χ3v) is 6.03. The number of anilines is 1. The van der Waals surface area contributed by atoms with E-state index in [0.29, 0.717) is 22.7 Å². The van der Waals surface area contributed by atoms with E-state index >= 15 is 0 Å². The number of hydrogen-bond donors (Lipinski definition) is 0. The Morgan fingerprint density at radius 3 is 1.97 bits per heavy atom. The van der Waals surface area contributed by atoms with E-state index in [9.17, 15) is 18.8 Å². The van der Waals surface area contributed by atoms with Crippen LogP contribution in [0.15, 0.2) is 66.7 Å². The Morgan fingerprint density at radius 2 is 1.39 bits per heavy atom. The molecule has 1 fully saturated rings. The second-order valence-corrected chi connectivity index (χ2v) is 7.71. The molecule has 3 amide bonds. The zero-order chi connectivity index (χ0) is 23.3. The van der Waals surface area contributed by atoms with Crippen molar-refractivity contribution in [3.8, 4) is 11.5 Å². The number of halogens is 1. The Kier molecular flexibility index (Phi) is 4.85. The zero-order valence-corrected chi connectivity index (χ0v) is 17.8. The number of imide groups is 1. The molecule has 3 aromatic carbocycles. The van der Waals surface area contributed by atoms with Crippen molar-refractivity contribution in [3.05, 3.63) is 89.2 Å². The standard InChI is InChI=1S/C25H19FN2O5/c1-32-16-11-12-19(20(13-16)33-2)27-21(14-7-9-15(26)10-8-14)22(25(27)31)28-23(29)17-5-3-4-6-18(17)24(28)30/h3-13,21-22H,1-2H3/t21-,22+/m1/s1. The minimum Gasteiger partial charge on any atom is -0.497 e. The summed E-state index contributed by atoms with van der Waals surface area (Å²) in [5.41, 5.74) is 1.54. The molecule has 1 saturated heterocycles. The fraction of sp³-hybridized carbons (Fsp3) is 0.160. The number of nitrogens with zero attached hydrogens (tertiary/aromatic N) is 2. The first-order chi connectivity index (χ1) is 16.0. The summed E-state index contributed by atoms with van der Waals surface area (Å²) in [6.45, 7) is 0. The summed E-state index contributed by atoms with van der Waals surface area (Å²) in [4.78, 5) is 42.2. The van der Waals surface area contributed by atoms with Gasteiger partial charge in [-0.25, -0.2) is 4.39 Å². The quantitative estimate of drug-likeness (QED) is 0.442. The molecular formula is C25H19FN2O5. The lowest BCUT2D eigenvalue weighted by Crippen LogP contribution is -2.67. The van der Waals surface area contributed by atoms with Crippen LogP contribution in [0.5, 0.6) is 11.5 Å². The Morgan fingerprint density at radius 1 is 0.758 bits per heavy atom. The van der Waals surface area contributed by atoms with Gasteiger partial charge in [-0.15, -0.1) is 0 Å². The second kappa shape index (κ2) is 7.74. The fourth-order valence-electron chi connectivity index (χ4n) is 4.43. The Bertz CT molecular complexity index is 1260. The van der Waals surface area contributed by atoms with Gasteiger partial charge >= 0.3 is 0 Å². The predicted molar refractivity (Wildman–Crippen MR) is 117 cm³/mol. The van der Waals surface area contributed by atoms with Crippen LogP contribution in [0.4, 0.5) is 10.1 Å². The highest BCUT2D eigenvalue weighted by molar-refractivity contribution is 6.24. The van der Waals surface area contributed by atoms with Crippen molar-refractivity contribution in [2.75, 3.05) is 19.1 Å². The van der Waals surface area contributed by atoms with Gasteiger partial charge in [0.15, 0.2) is 0 Å². The zero-order valence-electron chi connectivity index (χ0n) is 17.8. The van der Waals surface area contributed by atoms with E-state index in [1.807, 2.05) is 0 Å². The molecule has 0 spiro atoms. The average Bonchev–Trinajstić information content (AvgIpc) is 3.08. The number of ether oxygens (including phenoxy) is 2. The Balaban J connectivity index is 1.60. The van der Waals surface area contributed by atoms with Gasteiger partial charge in [-0.1, -0.05) is 24.3 Å². The van der Waals surface area contributed by atoms with Gasteiger partial charge in [-0.05, 0) is 42.0 Å². The number of carbonyl (C=O) groups excluding carboxylic acids is 3. The van der Waals surface area contributed by atoms with E-state index in [1.54, 1.807) is 54.6 Å². The number of amides is 3. The lowest BCUT2D eigenvalue weighted by atomic mass is 9.86. The molecule has 7 nitrogen and oxygen atoms in total. The number of methoxy groups -OCH3 is 2. The lowest BCUT2D eigenvalue weighted by Gasteiger charge is -2.50. The molecule has 0 aromatic heterocycles. The maximum absolute atomic E-state index is 13.6. The SMILES string of the molecule is COc1ccc(N2C(=O)[C@@H](N3C(=O)c4ccccc4C3=O)[C@H]2c2ccc(F)cc2)c(OC)c1. The smallest absolute Gasteiger partial charge is 0.262 e. The van der Waals surface area contributed by atoms with Crippen LogP contribution in [0.25, 0.3) is 0 Å². The highest BCUT2D eigenvalue weighted by Gasteiger charge is 2.57. The van der Waals surface area contributed by atoms with Crippen LogP contribution in [0.1, 0.15) is 32.3 Å². The highest BCUT2D eigenvalue weighted by atomic mass is 19.1. The van der Waals surface area contributed by atoms with Crippen LogP contribution < -0.4 is 14.4 Å². The number of carbonyl (C=O) groups is 3. The number of hydrogen-bond acceptors (Lipinski definition) is 5. The van der Waals surface area contributed by atoms with Gasteiger partial charge in [0, 0.05) is 6.07 Å². The van der Waals surface area contributed by atoms with Crippen molar-refractivity contribution in [3.63, 3.8) is 0 Å². The van der Waals surface area contributed by atoms with Crippen molar-refractivity contribution in [1.82, 2.24) is 4.90 Å². The lowest BCUT2D eigenvalue weighted by molar-refractivity contribution is -0.130. The molecule has 0 radical (unpaired) electrons. The minimum atomic E-state index is -1.07. The predicted octanol–water partition coefficient (Wildman–Crippen LogP) is 3.60. The molecule has 5 rings (SSSR count). The van der Waals surface area contributed by atoms with E-state index in [1.165, 1.54) is 31.3 Å². The monoisotopic (exact) mass is 446 g/mol. The third kappa shape index (κ3) is 3.06. The first-order valence-corrected chi connectivity index (χ1v) is 10.2. The molecule has 0 saturated carbocycles. The van der Waals surface area contributed by atoms with Crippen molar-refractivity contribution < 1.29 is 28.2 Å². The van der Waals surface area contributed by atoms with Crippen LogP contribution in [-0.4, -0.2) is 42.9 Å². The topological polar surface area (TPSA) is 76.2 Å². The Hall–Kier alpha value is -4.20. The second-order valence-electron chi connectivity index (χ2n) is 7.71. The number of β-lactam (4-membered cyclic amide) rings is 1. The van der Waals surface area contributed by atoms with Gasteiger partial charge in [0.2, 0.25) is 0 Å². The molecule has 33 heavy (non-hydrogen) atoms. The molecule has 166 valence electrons. The number of rotatable bonds is 5. The van der Waals surface area contributed by atoms with Crippen molar-refractivity contribution >= 4 is 23.4 Å². The van der Waals surface area contributed by atoms with E-state index in [0.717, 1.165) is 4.90 Å². The summed E-state index contributed by atoms with van der Waals surface area (Å²) in [6.07, 6.45) is 0. The molecule has 0 unspecified atom stereocenters. The van der Waals surface area contributed by atoms with E-state index in [4.69, 9.17) is 9.47 Å². The summed E-state index contributed by atoms with van der Waals surface area (Å²) in [5.74, 6) is -1.00. The van der Waals surface area contributed by atoms with Crippen LogP contribution >= 0.6 is 0 Å². The van der Waals surface area contributed by atoms with Crippen LogP contribution in [-0.2, 0) is 4.79 Å². The average molecular weight is 446 g/mol. The summed E-state index contributed by atoms with van der Waals surface area (Å²) < 4.78 is 24.3. The summed E-state index contributed by atoms with van der Waals surface area (Å²) in [7, 11) is 2.99. The number of fused-ring (bicyclic) bond motifs is 1. The van der Waals surface area contributed by atoms with Crippen LogP contribution in [0.3, 0.4) is 0 Å². The normalized spacial score (nSPS) is 19.4. The van der Waals surface area contributed by atoms with Gasteiger partial charge < -0.3 is 9.47 Å². The summed E-state index contributed by atoms with van der Waals surface area (Å²) in [6, 6.07) is 15.3. The van der Waals surface area contributed by atoms with Crippen LogP contribution in [0.2, 0.25) is 0 Å². The van der Waals surface area contributed by atoms with Gasteiger partial charge in [0.05, 0.1) is 37.1 Å². The molecule has 2 heterocycles. The maximum atomic E-state index is 13.6. The molecule has 0 aliphatic carbocycles. The van der Waals surface area contributed by atoms with E-state index in [-0.39, 0.29) is 11.1 Å². The molecule has 3 aromatic rings. The summed E-state index contributed by atoms with van der Waals surface area (Å²) >= 11 is 0. The largest absolute Gasteiger partial charge is 0.497 e. The Labute approximate surface area is 188 Å². The first kappa shape index (κ1) is 20.7. The molecule has 0 bridgehead atoms. The minimum absolute atomic E-state index is 0.258. The van der Waals surface area contributed by atoms with Crippen molar-refractivity contribution in [2.45, 2.75) is 12.1 Å². The first-order valence-electron chi connectivity index (χ1n) is 10.2. The van der Waals surface area contributed by atoms with E-state index < -0.39 is 35.6 Å². The van der Waals surface area contributed by atoms with Gasteiger partial charge in [-0.2, -0.15) is 0 Å². The van der Waals surface area contributed by atoms with Crippen molar-refractivity contribution in [1.29, 1.82) is 0 Å². The highest BCUT2D eigenvalue weighted by Crippen LogP contribution is 2.47. The van der Waals surface area contributed by atoms with Crippen molar-refractivity contribution in [2.24, 2.45) is 0 Å². The van der Waals surface area contributed by atoms with Gasteiger partial charge in [0.1, 0.15) is 23.4 Å². The van der Waals surface area contributed by atoms with Gasteiger partial charge in [-0.3, -0.25) is 24.2 Å². The maximum Gasteiger partial charge on any atom is 0.262 e. The molecule has 2 aliphatic heterocycles. The third-order valence-electron chi connectivity index (χ3n) is 6.03. The molecule has 2 aliphatic rings. The van der Waals surface area contributed by atoms with E-state index in [2.05, 4.69) is 0 Å². The molecule has 2 atom stereocenters. The van der Waals surface area contributed by atoms with Gasteiger partial charge in [0.25, 0.3) is 17.7 Å². The fourth-order valence-corrected chi connectivity index (χ4v) is 4.43. The summed E-state index contributed by atoms with van der Waals surface area (Å²) in [5, 5.41) is 0. The number of benzene rings is 3. The molecule has 0 N–H and O–H groups in total.